The Hall–Kier alpha value is -2.83. The number of halogens is 2. The molecule has 0 saturated carbocycles. The number of rotatable bonds is 6. The Morgan fingerprint density at radius 3 is 2.75 bits per heavy atom. The van der Waals surface area contributed by atoms with Gasteiger partial charge in [0.1, 0.15) is 11.6 Å². The number of benzene rings is 2. The van der Waals surface area contributed by atoms with Gasteiger partial charge in [-0.2, -0.15) is 0 Å². The maximum absolute atomic E-state index is 13.4. The summed E-state index contributed by atoms with van der Waals surface area (Å²) in [6.07, 6.45) is 0.168. The fourth-order valence-electron chi connectivity index (χ4n) is 2.28. The van der Waals surface area contributed by atoms with Gasteiger partial charge in [0.2, 0.25) is 12.7 Å². The molecule has 1 heterocycles. The van der Waals surface area contributed by atoms with Crippen LogP contribution in [0.4, 0.5) is 14.5 Å². The lowest BCUT2D eigenvalue weighted by molar-refractivity contribution is -0.121. The predicted octanol–water partition coefficient (Wildman–Crippen LogP) is 2.81. The normalized spacial score (nSPS) is 12.1. The number of nitrogens with one attached hydrogen (secondary N) is 2. The molecule has 126 valence electrons. The Balaban J connectivity index is 1.43. The molecule has 3 rings (SSSR count). The molecule has 5 nitrogen and oxygen atoms in total. The highest BCUT2D eigenvalue weighted by Crippen LogP contribution is 2.32. The molecule has 0 spiro atoms. The monoisotopic (exact) mass is 334 g/mol. The number of carbonyl (C=O) groups excluding carboxylic acids is 1. The first kappa shape index (κ1) is 16.0. The van der Waals surface area contributed by atoms with Crippen molar-refractivity contribution in [3.05, 3.63) is 53.6 Å². The third kappa shape index (κ3) is 3.92. The third-order valence-electron chi connectivity index (χ3n) is 3.53. The predicted molar refractivity (Wildman–Crippen MR) is 83.9 cm³/mol. The van der Waals surface area contributed by atoms with Gasteiger partial charge in [0.15, 0.2) is 11.5 Å². The highest BCUT2D eigenvalue weighted by atomic mass is 19.1. The van der Waals surface area contributed by atoms with Crippen molar-refractivity contribution in [1.29, 1.82) is 0 Å². The van der Waals surface area contributed by atoms with Gasteiger partial charge in [-0.25, -0.2) is 8.78 Å². The summed E-state index contributed by atoms with van der Waals surface area (Å²) in [4.78, 5) is 11.8. The summed E-state index contributed by atoms with van der Waals surface area (Å²) in [5, 5.41) is 5.54. The molecule has 2 aromatic rings. The smallest absolute Gasteiger partial charge is 0.231 e. The number of amides is 1. The Bertz CT molecular complexity index is 753. The lowest BCUT2D eigenvalue weighted by Gasteiger charge is -2.09. The Morgan fingerprint density at radius 1 is 1.08 bits per heavy atom. The van der Waals surface area contributed by atoms with E-state index < -0.39 is 11.6 Å². The van der Waals surface area contributed by atoms with Crippen molar-refractivity contribution < 1.29 is 23.0 Å². The molecule has 1 aliphatic rings. The van der Waals surface area contributed by atoms with Crippen molar-refractivity contribution >= 4 is 11.6 Å². The largest absolute Gasteiger partial charge is 0.454 e. The third-order valence-corrected chi connectivity index (χ3v) is 3.53. The van der Waals surface area contributed by atoms with Crippen molar-refractivity contribution in [2.45, 2.75) is 13.0 Å². The minimum absolute atomic E-state index is 0.167. The Labute approximate surface area is 137 Å². The highest BCUT2D eigenvalue weighted by molar-refractivity contribution is 5.76. The number of hydrogen-bond donors (Lipinski definition) is 2. The average Bonchev–Trinajstić information content (AvgIpc) is 3.02. The molecule has 0 radical (unpaired) electrons. The molecule has 2 N–H and O–H groups in total. The quantitative estimate of drug-likeness (QED) is 0.853. The van der Waals surface area contributed by atoms with Crippen LogP contribution < -0.4 is 20.1 Å². The summed E-state index contributed by atoms with van der Waals surface area (Å²) in [5.74, 6) is -0.149. The van der Waals surface area contributed by atoms with Gasteiger partial charge in [0.05, 0.1) is 5.69 Å². The van der Waals surface area contributed by atoms with Gasteiger partial charge in [-0.1, -0.05) is 6.07 Å². The second kappa shape index (κ2) is 7.16. The van der Waals surface area contributed by atoms with E-state index in [1.54, 1.807) is 6.07 Å². The molecule has 0 unspecified atom stereocenters. The zero-order chi connectivity index (χ0) is 16.9. The number of anilines is 1. The van der Waals surface area contributed by atoms with Crippen molar-refractivity contribution in [3.8, 4) is 11.5 Å². The van der Waals surface area contributed by atoms with E-state index in [0.29, 0.717) is 18.0 Å². The van der Waals surface area contributed by atoms with Crippen molar-refractivity contribution in [1.82, 2.24) is 5.32 Å². The van der Waals surface area contributed by atoms with Crippen LogP contribution in [0.3, 0.4) is 0 Å². The highest BCUT2D eigenvalue weighted by Gasteiger charge is 2.13. The Kier molecular flexibility index (Phi) is 4.79. The van der Waals surface area contributed by atoms with Crippen LogP contribution in [0.1, 0.15) is 12.0 Å². The van der Waals surface area contributed by atoms with Gasteiger partial charge in [0, 0.05) is 25.6 Å². The first-order chi connectivity index (χ1) is 11.6. The molecule has 24 heavy (non-hydrogen) atoms. The van der Waals surface area contributed by atoms with Gasteiger partial charge >= 0.3 is 0 Å². The molecular formula is C17H16F2N2O3. The van der Waals surface area contributed by atoms with Gasteiger partial charge in [0.25, 0.3) is 0 Å². The van der Waals surface area contributed by atoms with Gasteiger partial charge in [-0.05, 0) is 29.8 Å². The van der Waals surface area contributed by atoms with E-state index in [9.17, 15) is 13.6 Å². The fraction of sp³-hybridized carbons (Fsp3) is 0.235. The zero-order valence-corrected chi connectivity index (χ0v) is 12.8. The molecule has 0 aliphatic carbocycles. The minimum atomic E-state index is -0.684. The second-order valence-corrected chi connectivity index (χ2v) is 5.27. The van der Waals surface area contributed by atoms with Crippen LogP contribution in [0.2, 0.25) is 0 Å². The summed E-state index contributed by atoms with van der Waals surface area (Å²) in [7, 11) is 0. The lowest BCUT2D eigenvalue weighted by Crippen LogP contribution is -2.25. The van der Waals surface area contributed by atoms with E-state index in [-0.39, 0.29) is 31.4 Å². The maximum Gasteiger partial charge on any atom is 0.231 e. The van der Waals surface area contributed by atoms with Crippen molar-refractivity contribution in [2.75, 3.05) is 18.7 Å². The Morgan fingerprint density at radius 2 is 1.92 bits per heavy atom. The topological polar surface area (TPSA) is 59.6 Å². The van der Waals surface area contributed by atoms with Gasteiger partial charge in [-0.3, -0.25) is 4.79 Å². The molecule has 0 aromatic heterocycles. The molecule has 0 bridgehead atoms. The number of hydrogen-bond acceptors (Lipinski definition) is 4. The number of ether oxygens (including phenoxy) is 2. The molecule has 7 heteroatoms. The van der Waals surface area contributed by atoms with E-state index >= 15 is 0 Å². The minimum Gasteiger partial charge on any atom is -0.454 e. The van der Waals surface area contributed by atoms with Gasteiger partial charge in [-0.15, -0.1) is 0 Å². The van der Waals surface area contributed by atoms with E-state index in [4.69, 9.17) is 9.47 Å². The summed E-state index contributed by atoms with van der Waals surface area (Å²) in [5.41, 5.74) is 1.06. The molecule has 1 amide bonds. The average molecular weight is 334 g/mol. The molecule has 0 saturated heterocycles. The van der Waals surface area contributed by atoms with E-state index in [1.165, 1.54) is 6.07 Å². The van der Waals surface area contributed by atoms with Crippen LogP contribution in [-0.2, 0) is 11.3 Å². The maximum atomic E-state index is 13.4. The summed E-state index contributed by atoms with van der Waals surface area (Å²) in [6, 6.07) is 8.71. The van der Waals surface area contributed by atoms with Crippen LogP contribution in [0.25, 0.3) is 0 Å². The number of fused-ring (bicyclic) bond motifs is 1. The van der Waals surface area contributed by atoms with Crippen LogP contribution in [0, 0.1) is 11.6 Å². The first-order valence-corrected chi connectivity index (χ1v) is 7.46. The van der Waals surface area contributed by atoms with Gasteiger partial charge < -0.3 is 20.1 Å². The summed E-state index contributed by atoms with van der Waals surface area (Å²) >= 11 is 0. The first-order valence-electron chi connectivity index (χ1n) is 7.46. The van der Waals surface area contributed by atoms with Crippen molar-refractivity contribution in [3.63, 3.8) is 0 Å². The van der Waals surface area contributed by atoms with E-state index in [0.717, 1.165) is 17.7 Å². The van der Waals surface area contributed by atoms with Crippen LogP contribution in [0.5, 0.6) is 11.5 Å². The van der Waals surface area contributed by atoms with E-state index in [1.807, 2.05) is 12.1 Å². The molecule has 0 atom stereocenters. The second-order valence-electron chi connectivity index (χ2n) is 5.27. The van der Waals surface area contributed by atoms with Crippen LogP contribution >= 0.6 is 0 Å². The SMILES string of the molecule is O=C(CCNc1ccc(F)cc1F)NCc1ccc2c(c1)OCO2. The van der Waals surface area contributed by atoms with Crippen LogP contribution in [0.15, 0.2) is 36.4 Å². The fourth-order valence-corrected chi connectivity index (χ4v) is 2.28. The summed E-state index contributed by atoms with van der Waals surface area (Å²) in [6.45, 7) is 0.812. The molecular weight excluding hydrogens is 318 g/mol. The standard InChI is InChI=1S/C17H16F2N2O3/c18-12-2-3-14(13(19)8-12)20-6-5-17(22)21-9-11-1-4-15-16(7-11)24-10-23-15/h1-4,7-8,20H,5-6,9-10H2,(H,21,22). The molecule has 1 aliphatic heterocycles. The molecule has 0 fully saturated rings. The molecule has 2 aromatic carbocycles. The van der Waals surface area contributed by atoms with Crippen LogP contribution in [-0.4, -0.2) is 19.2 Å². The summed E-state index contributed by atoms with van der Waals surface area (Å²) < 4.78 is 36.7. The zero-order valence-electron chi connectivity index (χ0n) is 12.8. The lowest BCUT2D eigenvalue weighted by atomic mass is 10.2. The number of carbonyl (C=O) groups is 1. The van der Waals surface area contributed by atoms with E-state index in [2.05, 4.69) is 10.6 Å². The van der Waals surface area contributed by atoms with Crippen molar-refractivity contribution in [2.24, 2.45) is 0 Å².